The van der Waals surface area contributed by atoms with E-state index in [1.165, 1.54) is 5.56 Å². The molecule has 0 atom stereocenters. The maximum absolute atomic E-state index is 11.7. The van der Waals surface area contributed by atoms with Crippen LogP contribution in [0.25, 0.3) is 0 Å². The van der Waals surface area contributed by atoms with Crippen LogP contribution in [-0.4, -0.2) is 30.6 Å². The number of aromatic nitrogens is 1. The standard InChI is InChI=1S/C15H21ClN2O2/c1-3-11-10-17-14(16)9-13(11)18-7-5-12(6-8-18)15(19)20-4-2/h9-10,12H,3-8H2,1-2H3. The lowest BCUT2D eigenvalue weighted by atomic mass is 9.96. The number of carbonyl (C=O) groups excluding carboxylic acids is 1. The summed E-state index contributed by atoms with van der Waals surface area (Å²) in [5.41, 5.74) is 2.35. The molecule has 4 nitrogen and oxygen atoms in total. The molecular formula is C15H21ClN2O2. The Morgan fingerprint density at radius 2 is 2.15 bits per heavy atom. The third-order valence-corrected chi connectivity index (χ3v) is 3.97. The first-order chi connectivity index (χ1) is 9.65. The van der Waals surface area contributed by atoms with Gasteiger partial charge in [0.05, 0.1) is 12.5 Å². The molecule has 1 aromatic heterocycles. The van der Waals surface area contributed by atoms with Gasteiger partial charge in [0.1, 0.15) is 5.15 Å². The predicted octanol–water partition coefficient (Wildman–Crippen LogP) is 3.08. The monoisotopic (exact) mass is 296 g/mol. The highest BCUT2D eigenvalue weighted by molar-refractivity contribution is 6.29. The molecule has 2 rings (SSSR count). The molecular weight excluding hydrogens is 276 g/mol. The molecule has 0 radical (unpaired) electrons. The Labute approximate surface area is 125 Å². The van der Waals surface area contributed by atoms with Crippen LogP contribution in [0, 0.1) is 5.92 Å². The summed E-state index contributed by atoms with van der Waals surface area (Å²) in [6.45, 7) is 6.13. The van der Waals surface area contributed by atoms with Crippen LogP contribution in [0.15, 0.2) is 12.3 Å². The van der Waals surface area contributed by atoms with Crippen molar-refractivity contribution in [2.75, 3.05) is 24.6 Å². The van der Waals surface area contributed by atoms with E-state index in [0.717, 1.165) is 38.0 Å². The van der Waals surface area contributed by atoms with Crippen LogP contribution in [-0.2, 0) is 16.0 Å². The van der Waals surface area contributed by atoms with Gasteiger partial charge in [-0.15, -0.1) is 0 Å². The van der Waals surface area contributed by atoms with Crippen molar-refractivity contribution >= 4 is 23.3 Å². The van der Waals surface area contributed by atoms with Gasteiger partial charge in [0, 0.05) is 25.0 Å². The lowest BCUT2D eigenvalue weighted by Crippen LogP contribution is -2.37. The number of pyridine rings is 1. The molecule has 20 heavy (non-hydrogen) atoms. The summed E-state index contributed by atoms with van der Waals surface area (Å²) >= 11 is 6.00. The van der Waals surface area contributed by atoms with Gasteiger partial charge >= 0.3 is 5.97 Å². The van der Waals surface area contributed by atoms with Gasteiger partial charge in [-0.2, -0.15) is 0 Å². The molecule has 1 aromatic rings. The number of nitrogens with zero attached hydrogens (tertiary/aromatic N) is 2. The SMILES string of the molecule is CCOC(=O)C1CCN(c2cc(Cl)ncc2CC)CC1. The second-order valence-electron chi connectivity index (χ2n) is 5.00. The molecule has 110 valence electrons. The lowest BCUT2D eigenvalue weighted by Gasteiger charge is -2.33. The van der Waals surface area contributed by atoms with Crippen molar-refractivity contribution in [2.24, 2.45) is 5.92 Å². The van der Waals surface area contributed by atoms with E-state index in [1.54, 1.807) is 0 Å². The van der Waals surface area contributed by atoms with E-state index in [-0.39, 0.29) is 11.9 Å². The molecule has 1 aliphatic rings. The summed E-state index contributed by atoms with van der Waals surface area (Å²) < 4.78 is 5.10. The largest absolute Gasteiger partial charge is 0.466 e. The van der Waals surface area contributed by atoms with Gasteiger partial charge in [-0.05, 0) is 37.8 Å². The topological polar surface area (TPSA) is 42.4 Å². The number of hydrogen-bond acceptors (Lipinski definition) is 4. The molecule has 5 heteroatoms. The number of halogens is 1. The number of piperidine rings is 1. The first-order valence-electron chi connectivity index (χ1n) is 7.21. The zero-order chi connectivity index (χ0) is 14.5. The quantitative estimate of drug-likeness (QED) is 0.632. The number of rotatable bonds is 4. The number of esters is 1. The predicted molar refractivity (Wildman–Crippen MR) is 80.2 cm³/mol. The molecule has 1 fully saturated rings. The minimum absolute atomic E-state index is 0.0357. The Morgan fingerprint density at radius 1 is 1.45 bits per heavy atom. The average Bonchev–Trinajstić information content (AvgIpc) is 2.47. The smallest absolute Gasteiger partial charge is 0.309 e. The van der Waals surface area contributed by atoms with Crippen molar-refractivity contribution in [1.29, 1.82) is 0 Å². The molecule has 0 amide bonds. The van der Waals surface area contributed by atoms with Crippen molar-refractivity contribution < 1.29 is 9.53 Å². The molecule has 0 saturated carbocycles. The number of carbonyl (C=O) groups is 1. The lowest BCUT2D eigenvalue weighted by molar-refractivity contribution is -0.148. The minimum Gasteiger partial charge on any atom is -0.466 e. The molecule has 1 aliphatic heterocycles. The van der Waals surface area contributed by atoms with E-state index in [0.29, 0.717) is 11.8 Å². The van der Waals surface area contributed by atoms with Gasteiger partial charge in [0.2, 0.25) is 0 Å². The highest BCUT2D eigenvalue weighted by Gasteiger charge is 2.26. The zero-order valence-electron chi connectivity index (χ0n) is 12.1. The van der Waals surface area contributed by atoms with Crippen molar-refractivity contribution in [3.63, 3.8) is 0 Å². The maximum atomic E-state index is 11.7. The third kappa shape index (κ3) is 3.42. The van der Waals surface area contributed by atoms with E-state index in [9.17, 15) is 4.79 Å². The summed E-state index contributed by atoms with van der Waals surface area (Å²) in [7, 11) is 0. The molecule has 2 heterocycles. The summed E-state index contributed by atoms with van der Waals surface area (Å²) in [6, 6.07) is 1.92. The van der Waals surface area contributed by atoms with Crippen molar-refractivity contribution in [3.05, 3.63) is 23.0 Å². The summed E-state index contributed by atoms with van der Waals surface area (Å²) in [4.78, 5) is 18.2. The van der Waals surface area contributed by atoms with Crippen LogP contribution < -0.4 is 4.90 Å². The van der Waals surface area contributed by atoms with Crippen LogP contribution in [0.5, 0.6) is 0 Å². The first kappa shape index (κ1) is 15.1. The van der Waals surface area contributed by atoms with Gasteiger partial charge in [-0.25, -0.2) is 4.98 Å². The van der Waals surface area contributed by atoms with Crippen LogP contribution >= 0.6 is 11.6 Å². The Kier molecular flexibility index (Phi) is 5.24. The van der Waals surface area contributed by atoms with E-state index in [4.69, 9.17) is 16.3 Å². The average molecular weight is 297 g/mol. The van der Waals surface area contributed by atoms with Crippen molar-refractivity contribution in [2.45, 2.75) is 33.1 Å². The van der Waals surface area contributed by atoms with Crippen molar-refractivity contribution in [3.8, 4) is 0 Å². The Morgan fingerprint density at radius 3 is 2.75 bits per heavy atom. The second-order valence-corrected chi connectivity index (χ2v) is 5.39. The number of aryl methyl sites for hydroxylation is 1. The second kappa shape index (κ2) is 6.93. The van der Waals surface area contributed by atoms with E-state index < -0.39 is 0 Å². The summed E-state index contributed by atoms with van der Waals surface area (Å²) in [5.74, 6) is -0.0239. The van der Waals surface area contributed by atoms with Gasteiger partial charge in [-0.1, -0.05) is 18.5 Å². The van der Waals surface area contributed by atoms with E-state index >= 15 is 0 Å². The van der Waals surface area contributed by atoms with Crippen molar-refractivity contribution in [1.82, 2.24) is 4.98 Å². The first-order valence-corrected chi connectivity index (χ1v) is 7.59. The van der Waals surface area contributed by atoms with Crippen LogP contribution in [0.2, 0.25) is 5.15 Å². The molecule has 0 aromatic carbocycles. The number of ether oxygens (including phenoxy) is 1. The molecule has 0 N–H and O–H groups in total. The number of anilines is 1. The van der Waals surface area contributed by atoms with Crippen LogP contribution in [0.1, 0.15) is 32.3 Å². The number of hydrogen-bond donors (Lipinski definition) is 0. The molecule has 1 saturated heterocycles. The maximum Gasteiger partial charge on any atom is 0.309 e. The normalized spacial score (nSPS) is 16.2. The molecule has 0 spiro atoms. The fraction of sp³-hybridized carbons (Fsp3) is 0.600. The highest BCUT2D eigenvalue weighted by Crippen LogP contribution is 2.28. The van der Waals surface area contributed by atoms with E-state index in [2.05, 4.69) is 16.8 Å². The highest BCUT2D eigenvalue weighted by atomic mass is 35.5. The van der Waals surface area contributed by atoms with Gasteiger partial charge in [-0.3, -0.25) is 4.79 Å². The summed E-state index contributed by atoms with van der Waals surface area (Å²) in [5, 5.41) is 0.518. The Balaban J connectivity index is 2.03. The van der Waals surface area contributed by atoms with Crippen LogP contribution in [0.3, 0.4) is 0 Å². The molecule has 0 unspecified atom stereocenters. The van der Waals surface area contributed by atoms with Gasteiger partial charge in [0.15, 0.2) is 0 Å². The molecule has 0 bridgehead atoms. The summed E-state index contributed by atoms with van der Waals surface area (Å²) in [6.07, 6.45) is 4.44. The van der Waals surface area contributed by atoms with Gasteiger partial charge in [0.25, 0.3) is 0 Å². The zero-order valence-corrected chi connectivity index (χ0v) is 12.8. The molecule has 0 aliphatic carbocycles. The fourth-order valence-electron chi connectivity index (χ4n) is 2.63. The Hall–Kier alpha value is -1.29. The van der Waals surface area contributed by atoms with Crippen LogP contribution in [0.4, 0.5) is 5.69 Å². The fourth-order valence-corrected chi connectivity index (χ4v) is 2.78. The minimum atomic E-state index is -0.0596. The van der Waals surface area contributed by atoms with E-state index in [1.807, 2.05) is 19.2 Å². The van der Waals surface area contributed by atoms with Gasteiger partial charge < -0.3 is 9.64 Å². The third-order valence-electron chi connectivity index (χ3n) is 3.77. The Bertz CT molecular complexity index is 471.